The van der Waals surface area contributed by atoms with Gasteiger partial charge in [-0.15, -0.1) is 0 Å². The van der Waals surface area contributed by atoms with Gasteiger partial charge in [0, 0.05) is 6.04 Å². The summed E-state index contributed by atoms with van der Waals surface area (Å²) in [5.74, 6) is 0.918. The van der Waals surface area contributed by atoms with Gasteiger partial charge < -0.3 is 10.1 Å². The van der Waals surface area contributed by atoms with E-state index in [1.807, 2.05) is 12.1 Å². The maximum Gasteiger partial charge on any atom is 0.118 e. The van der Waals surface area contributed by atoms with E-state index in [1.165, 1.54) is 11.1 Å². The van der Waals surface area contributed by atoms with E-state index in [0.717, 1.165) is 25.1 Å². The molecule has 2 rings (SSSR count). The summed E-state index contributed by atoms with van der Waals surface area (Å²) in [6.45, 7) is 3.27. The van der Waals surface area contributed by atoms with E-state index in [0.29, 0.717) is 6.04 Å². The normalized spacial score (nSPS) is 12.3. The van der Waals surface area contributed by atoms with Crippen molar-refractivity contribution in [1.82, 2.24) is 5.32 Å². The second-order valence-electron chi connectivity index (χ2n) is 4.79. The zero-order chi connectivity index (χ0) is 13.5. The van der Waals surface area contributed by atoms with Crippen molar-refractivity contribution in [2.24, 2.45) is 0 Å². The molecule has 2 aromatic rings. The Kier molecular flexibility index (Phi) is 5.43. The van der Waals surface area contributed by atoms with Gasteiger partial charge in [0.25, 0.3) is 0 Å². The molecule has 0 radical (unpaired) electrons. The molecule has 1 N–H and O–H groups in total. The second-order valence-corrected chi connectivity index (χ2v) is 5.57. The summed E-state index contributed by atoms with van der Waals surface area (Å²) < 4.78 is 5.17. The molecule has 1 heterocycles. The average molecular weight is 275 g/mol. The predicted molar refractivity (Wildman–Crippen MR) is 82.2 cm³/mol. The second kappa shape index (κ2) is 7.31. The van der Waals surface area contributed by atoms with Crippen LogP contribution in [0.4, 0.5) is 0 Å². The fraction of sp³-hybridized carbons (Fsp3) is 0.375. The highest BCUT2D eigenvalue weighted by atomic mass is 32.1. The van der Waals surface area contributed by atoms with Crippen LogP contribution in [0.2, 0.25) is 0 Å². The molecule has 1 unspecified atom stereocenters. The highest BCUT2D eigenvalue weighted by Crippen LogP contribution is 2.12. The van der Waals surface area contributed by atoms with E-state index in [9.17, 15) is 0 Å². The molecule has 0 aliphatic heterocycles. The van der Waals surface area contributed by atoms with Crippen LogP contribution in [-0.2, 0) is 12.8 Å². The minimum Gasteiger partial charge on any atom is -0.497 e. The van der Waals surface area contributed by atoms with Crippen LogP contribution >= 0.6 is 11.3 Å². The van der Waals surface area contributed by atoms with Crippen LogP contribution in [0, 0.1) is 0 Å². The van der Waals surface area contributed by atoms with Crippen molar-refractivity contribution in [3.8, 4) is 5.75 Å². The molecule has 1 aromatic heterocycles. The lowest BCUT2D eigenvalue weighted by Crippen LogP contribution is -2.29. The van der Waals surface area contributed by atoms with Crippen molar-refractivity contribution in [3.63, 3.8) is 0 Å². The Bertz CT molecular complexity index is 464. The van der Waals surface area contributed by atoms with Gasteiger partial charge in [-0.25, -0.2) is 0 Å². The number of hydrogen-bond acceptors (Lipinski definition) is 3. The fourth-order valence-electron chi connectivity index (χ4n) is 2.09. The van der Waals surface area contributed by atoms with E-state index < -0.39 is 0 Å². The number of thiophene rings is 1. The van der Waals surface area contributed by atoms with Gasteiger partial charge in [-0.2, -0.15) is 11.3 Å². The Morgan fingerprint density at radius 3 is 2.58 bits per heavy atom. The minimum absolute atomic E-state index is 0.493. The van der Waals surface area contributed by atoms with E-state index in [-0.39, 0.29) is 0 Å². The number of rotatable bonds is 7. The lowest BCUT2D eigenvalue weighted by Gasteiger charge is -2.13. The first-order valence-corrected chi connectivity index (χ1v) is 7.59. The summed E-state index contributed by atoms with van der Waals surface area (Å²) in [5, 5.41) is 7.92. The molecule has 0 spiro atoms. The molecular formula is C16H21NOS. The van der Waals surface area contributed by atoms with Crippen molar-refractivity contribution >= 4 is 11.3 Å². The SMILES string of the molecule is COc1ccc(CC(C)NCCc2ccsc2)cc1. The molecule has 102 valence electrons. The van der Waals surface area contributed by atoms with Gasteiger partial charge in [-0.3, -0.25) is 0 Å². The quantitative estimate of drug-likeness (QED) is 0.835. The van der Waals surface area contributed by atoms with Crippen LogP contribution in [-0.4, -0.2) is 19.7 Å². The minimum atomic E-state index is 0.493. The van der Waals surface area contributed by atoms with Crippen molar-refractivity contribution in [3.05, 3.63) is 52.2 Å². The van der Waals surface area contributed by atoms with Crippen LogP contribution in [0.3, 0.4) is 0 Å². The molecule has 0 saturated carbocycles. The summed E-state index contributed by atoms with van der Waals surface area (Å²) in [7, 11) is 1.70. The summed E-state index contributed by atoms with van der Waals surface area (Å²) in [6.07, 6.45) is 2.16. The Hall–Kier alpha value is -1.32. The van der Waals surface area contributed by atoms with Crippen molar-refractivity contribution in [2.45, 2.75) is 25.8 Å². The first-order chi connectivity index (χ1) is 9.28. The molecule has 0 fully saturated rings. The van der Waals surface area contributed by atoms with Crippen LogP contribution < -0.4 is 10.1 Å². The Morgan fingerprint density at radius 2 is 1.95 bits per heavy atom. The molecule has 1 aromatic carbocycles. The number of hydrogen-bond donors (Lipinski definition) is 1. The number of nitrogens with one attached hydrogen (secondary N) is 1. The first kappa shape index (κ1) is 14.1. The van der Waals surface area contributed by atoms with Crippen LogP contribution in [0.1, 0.15) is 18.1 Å². The third-order valence-electron chi connectivity index (χ3n) is 3.19. The maximum absolute atomic E-state index is 5.17. The summed E-state index contributed by atoms with van der Waals surface area (Å²) in [4.78, 5) is 0. The number of benzene rings is 1. The topological polar surface area (TPSA) is 21.3 Å². The number of methoxy groups -OCH3 is 1. The van der Waals surface area contributed by atoms with Crippen molar-refractivity contribution in [1.29, 1.82) is 0 Å². The van der Waals surface area contributed by atoms with Crippen LogP contribution in [0.25, 0.3) is 0 Å². The molecule has 3 heteroatoms. The third-order valence-corrected chi connectivity index (χ3v) is 3.92. The third kappa shape index (κ3) is 4.69. The highest BCUT2D eigenvalue weighted by molar-refractivity contribution is 7.07. The van der Waals surface area contributed by atoms with Gasteiger partial charge >= 0.3 is 0 Å². The first-order valence-electron chi connectivity index (χ1n) is 6.65. The van der Waals surface area contributed by atoms with E-state index in [4.69, 9.17) is 4.74 Å². The van der Waals surface area contributed by atoms with Gasteiger partial charge in [0.05, 0.1) is 7.11 Å². The average Bonchev–Trinajstić information content (AvgIpc) is 2.93. The zero-order valence-electron chi connectivity index (χ0n) is 11.6. The lowest BCUT2D eigenvalue weighted by molar-refractivity contribution is 0.414. The van der Waals surface area contributed by atoms with E-state index in [1.54, 1.807) is 18.4 Å². The monoisotopic (exact) mass is 275 g/mol. The fourth-order valence-corrected chi connectivity index (χ4v) is 2.79. The summed E-state index contributed by atoms with van der Waals surface area (Å²) in [6, 6.07) is 11.0. The van der Waals surface area contributed by atoms with E-state index in [2.05, 4.69) is 41.2 Å². The van der Waals surface area contributed by atoms with Gasteiger partial charge in [0.15, 0.2) is 0 Å². The van der Waals surface area contributed by atoms with Crippen LogP contribution in [0.15, 0.2) is 41.1 Å². The Balaban J connectivity index is 1.72. The van der Waals surface area contributed by atoms with Gasteiger partial charge in [-0.05, 0) is 66.4 Å². The Morgan fingerprint density at radius 1 is 1.16 bits per heavy atom. The zero-order valence-corrected chi connectivity index (χ0v) is 12.4. The lowest BCUT2D eigenvalue weighted by atomic mass is 10.1. The highest BCUT2D eigenvalue weighted by Gasteiger charge is 2.03. The molecule has 2 nitrogen and oxygen atoms in total. The molecule has 0 aliphatic carbocycles. The molecule has 19 heavy (non-hydrogen) atoms. The van der Waals surface area contributed by atoms with Gasteiger partial charge in [-0.1, -0.05) is 12.1 Å². The molecule has 0 saturated heterocycles. The van der Waals surface area contributed by atoms with Gasteiger partial charge in [0.1, 0.15) is 5.75 Å². The van der Waals surface area contributed by atoms with E-state index >= 15 is 0 Å². The smallest absolute Gasteiger partial charge is 0.118 e. The molecule has 0 bridgehead atoms. The standard InChI is InChI=1S/C16H21NOS/c1-13(17-9-7-15-8-10-19-12-15)11-14-3-5-16(18-2)6-4-14/h3-6,8,10,12-13,17H,7,9,11H2,1-2H3. The molecule has 0 aliphatic rings. The maximum atomic E-state index is 5.17. The van der Waals surface area contributed by atoms with Crippen molar-refractivity contribution < 1.29 is 4.74 Å². The van der Waals surface area contributed by atoms with Crippen molar-refractivity contribution in [2.75, 3.05) is 13.7 Å². The molecule has 0 amide bonds. The van der Waals surface area contributed by atoms with Crippen LogP contribution in [0.5, 0.6) is 5.75 Å². The predicted octanol–water partition coefficient (Wildman–Crippen LogP) is 3.52. The summed E-state index contributed by atoms with van der Waals surface area (Å²) in [5.41, 5.74) is 2.77. The Labute approximate surface area is 119 Å². The number of ether oxygens (including phenoxy) is 1. The largest absolute Gasteiger partial charge is 0.497 e. The molecular weight excluding hydrogens is 254 g/mol. The van der Waals surface area contributed by atoms with Gasteiger partial charge in [0.2, 0.25) is 0 Å². The molecule has 1 atom stereocenters. The summed E-state index contributed by atoms with van der Waals surface area (Å²) >= 11 is 1.76.